The Morgan fingerprint density at radius 2 is 2.04 bits per heavy atom. The topological polar surface area (TPSA) is 77.1 Å². The van der Waals surface area contributed by atoms with Crippen molar-refractivity contribution in [1.29, 1.82) is 0 Å². The first-order chi connectivity index (χ1) is 11.6. The van der Waals surface area contributed by atoms with Crippen molar-refractivity contribution in [3.8, 4) is 11.4 Å². The van der Waals surface area contributed by atoms with Crippen LogP contribution in [0.4, 0.5) is 0 Å². The van der Waals surface area contributed by atoms with Crippen molar-refractivity contribution in [2.75, 3.05) is 6.54 Å². The predicted octanol–water partition coefficient (Wildman–Crippen LogP) is 2.46. The SMILES string of the molecule is Cc1cc(C(=O)N2CCn3nc(-c4ccccc4)nc3[C@@H]2C)no1. The van der Waals surface area contributed by atoms with E-state index in [0.717, 1.165) is 11.4 Å². The molecule has 24 heavy (non-hydrogen) atoms. The van der Waals surface area contributed by atoms with Gasteiger partial charge in [-0.1, -0.05) is 35.5 Å². The molecule has 0 bridgehead atoms. The number of benzene rings is 1. The van der Waals surface area contributed by atoms with Gasteiger partial charge >= 0.3 is 0 Å². The lowest BCUT2D eigenvalue weighted by Crippen LogP contribution is -2.41. The maximum atomic E-state index is 12.7. The molecule has 7 nitrogen and oxygen atoms in total. The van der Waals surface area contributed by atoms with Crippen LogP contribution in [0.25, 0.3) is 11.4 Å². The monoisotopic (exact) mass is 323 g/mol. The molecule has 1 aromatic carbocycles. The average Bonchev–Trinajstić information content (AvgIpc) is 3.22. The van der Waals surface area contributed by atoms with Crippen LogP contribution >= 0.6 is 0 Å². The van der Waals surface area contributed by atoms with Gasteiger partial charge in [0.15, 0.2) is 11.5 Å². The van der Waals surface area contributed by atoms with E-state index in [4.69, 9.17) is 4.52 Å². The minimum absolute atomic E-state index is 0.144. The summed E-state index contributed by atoms with van der Waals surface area (Å²) in [7, 11) is 0. The van der Waals surface area contributed by atoms with Crippen LogP contribution in [0.3, 0.4) is 0 Å². The fourth-order valence-corrected chi connectivity index (χ4v) is 2.96. The van der Waals surface area contributed by atoms with Gasteiger partial charge in [0.05, 0.1) is 12.6 Å². The number of carbonyl (C=O) groups is 1. The molecule has 0 unspecified atom stereocenters. The number of carbonyl (C=O) groups excluding carboxylic acids is 1. The molecule has 3 heterocycles. The second-order valence-electron chi connectivity index (χ2n) is 5.88. The summed E-state index contributed by atoms with van der Waals surface area (Å²) in [6.07, 6.45) is 0. The van der Waals surface area contributed by atoms with E-state index < -0.39 is 0 Å². The van der Waals surface area contributed by atoms with Crippen molar-refractivity contribution in [2.45, 2.75) is 26.4 Å². The summed E-state index contributed by atoms with van der Waals surface area (Å²) in [4.78, 5) is 19.1. The summed E-state index contributed by atoms with van der Waals surface area (Å²) >= 11 is 0. The zero-order valence-corrected chi connectivity index (χ0v) is 13.5. The highest BCUT2D eigenvalue weighted by Gasteiger charge is 2.32. The smallest absolute Gasteiger partial charge is 0.276 e. The molecular formula is C17H17N5O2. The van der Waals surface area contributed by atoms with Gasteiger partial charge in [-0.15, -0.1) is 0 Å². The van der Waals surface area contributed by atoms with Gasteiger partial charge in [-0.2, -0.15) is 5.10 Å². The fourth-order valence-electron chi connectivity index (χ4n) is 2.96. The first kappa shape index (κ1) is 14.6. The Morgan fingerprint density at radius 1 is 1.25 bits per heavy atom. The summed E-state index contributed by atoms with van der Waals surface area (Å²) in [5.41, 5.74) is 1.30. The quantitative estimate of drug-likeness (QED) is 0.724. The molecular weight excluding hydrogens is 306 g/mol. The Hall–Kier alpha value is -2.96. The number of amides is 1. The van der Waals surface area contributed by atoms with Crippen LogP contribution in [0.15, 0.2) is 40.9 Å². The van der Waals surface area contributed by atoms with Crippen LogP contribution in [0, 0.1) is 6.92 Å². The van der Waals surface area contributed by atoms with Crippen LogP contribution in [-0.4, -0.2) is 37.3 Å². The zero-order valence-electron chi connectivity index (χ0n) is 13.5. The second-order valence-corrected chi connectivity index (χ2v) is 5.88. The maximum Gasteiger partial charge on any atom is 0.276 e. The molecule has 0 aliphatic carbocycles. The molecule has 2 aromatic heterocycles. The number of aryl methyl sites for hydroxylation is 1. The van der Waals surface area contributed by atoms with Crippen molar-refractivity contribution in [3.05, 3.63) is 53.7 Å². The molecule has 0 fully saturated rings. The molecule has 0 N–H and O–H groups in total. The maximum absolute atomic E-state index is 12.7. The van der Waals surface area contributed by atoms with Gasteiger partial charge in [0, 0.05) is 18.2 Å². The Balaban J connectivity index is 1.64. The number of hydrogen-bond acceptors (Lipinski definition) is 5. The largest absolute Gasteiger partial charge is 0.361 e. The molecule has 4 rings (SSSR count). The second kappa shape index (κ2) is 5.59. The lowest BCUT2D eigenvalue weighted by atomic mass is 10.2. The molecule has 1 amide bonds. The molecule has 7 heteroatoms. The summed E-state index contributed by atoms with van der Waals surface area (Å²) < 4.78 is 6.89. The van der Waals surface area contributed by atoms with Gasteiger partial charge in [0.1, 0.15) is 11.6 Å². The Morgan fingerprint density at radius 3 is 2.75 bits per heavy atom. The normalized spacial score (nSPS) is 16.9. The molecule has 1 aliphatic rings. The van der Waals surface area contributed by atoms with Gasteiger partial charge in [0.2, 0.25) is 0 Å². The highest BCUT2D eigenvalue weighted by Crippen LogP contribution is 2.27. The molecule has 1 atom stereocenters. The predicted molar refractivity (Wildman–Crippen MR) is 86.1 cm³/mol. The van der Waals surface area contributed by atoms with E-state index in [9.17, 15) is 4.79 Å². The van der Waals surface area contributed by atoms with Crippen LogP contribution in [-0.2, 0) is 6.54 Å². The minimum atomic E-state index is -0.173. The number of rotatable bonds is 2. The van der Waals surface area contributed by atoms with Crippen LogP contribution in [0.5, 0.6) is 0 Å². The van der Waals surface area contributed by atoms with E-state index in [1.165, 1.54) is 0 Å². The Bertz CT molecular complexity index is 884. The highest BCUT2D eigenvalue weighted by molar-refractivity contribution is 5.92. The minimum Gasteiger partial charge on any atom is -0.361 e. The summed E-state index contributed by atoms with van der Waals surface area (Å²) in [6.45, 7) is 4.91. The highest BCUT2D eigenvalue weighted by atomic mass is 16.5. The molecule has 0 spiro atoms. The third kappa shape index (κ3) is 2.38. The fraction of sp³-hybridized carbons (Fsp3) is 0.294. The van der Waals surface area contributed by atoms with E-state index in [1.807, 2.05) is 41.9 Å². The number of hydrogen-bond donors (Lipinski definition) is 0. The van der Waals surface area contributed by atoms with E-state index in [-0.39, 0.29) is 11.9 Å². The third-order valence-electron chi connectivity index (χ3n) is 4.23. The molecule has 3 aromatic rings. The van der Waals surface area contributed by atoms with Gasteiger partial charge in [0.25, 0.3) is 5.91 Å². The average molecular weight is 323 g/mol. The van der Waals surface area contributed by atoms with Crippen molar-refractivity contribution in [1.82, 2.24) is 24.8 Å². The molecule has 122 valence electrons. The lowest BCUT2D eigenvalue weighted by molar-refractivity contribution is 0.0620. The van der Waals surface area contributed by atoms with Crippen molar-refractivity contribution >= 4 is 5.91 Å². The number of aromatic nitrogens is 4. The molecule has 0 saturated carbocycles. The molecule has 0 radical (unpaired) electrons. The zero-order chi connectivity index (χ0) is 16.7. The summed E-state index contributed by atoms with van der Waals surface area (Å²) in [5, 5.41) is 8.40. The van der Waals surface area contributed by atoms with E-state index >= 15 is 0 Å². The van der Waals surface area contributed by atoms with Crippen molar-refractivity contribution in [3.63, 3.8) is 0 Å². The first-order valence-corrected chi connectivity index (χ1v) is 7.88. The number of nitrogens with zero attached hydrogens (tertiary/aromatic N) is 5. The Kier molecular flexibility index (Phi) is 3.41. The van der Waals surface area contributed by atoms with Crippen molar-refractivity contribution in [2.24, 2.45) is 0 Å². The van der Waals surface area contributed by atoms with Gasteiger partial charge < -0.3 is 9.42 Å². The van der Waals surface area contributed by atoms with Gasteiger partial charge in [-0.3, -0.25) is 4.79 Å². The van der Waals surface area contributed by atoms with Crippen LogP contribution in [0.2, 0.25) is 0 Å². The van der Waals surface area contributed by atoms with E-state index in [0.29, 0.717) is 30.4 Å². The molecule has 1 aliphatic heterocycles. The van der Waals surface area contributed by atoms with E-state index in [1.54, 1.807) is 17.9 Å². The van der Waals surface area contributed by atoms with E-state index in [2.05, 4.69) is 15.2 Å². The molecule has 0 saturated heterocycles. The van der Waals surface area contributed by atoms with Crippen LogP contribution in [0.1, 0.15) is 35.0 Å². The summed E-state index contributed by atoms with van der Waals surface area (Å²) in [5.74, 6) is 1.95. The number of fused-ring (bicyclic) bond motifs is 1. The first-order valence-electron chi connectivity index (χ1n) is 7.88. The standard InChI is InChI=1S/C17H17N5O2/c1-11-10-14(20-24-11)17(23)21-8-9-22-16(12(21)2)18-15(19-22)13-6-4-3-5-7-13/h3-7,10,12H,8-9H2,1-2H3/t12-/m0/s1. The van der Waals surface area contributed by atoms with Crippen molar-refractivity contribution < 1.29 is 9.32 Å². The van der Waals surface area contributed by atoms with Gasteiger partial charge in [-0.05, 0) is 13.8 Å². The third-order valence-corrected chi connectivity index (χ3v) is 4.23. The lowest BCUT2D eigenvalue weighted by Gasteiger charge is -2.32. The Labute approximate surface area is 138 Å². The van der Waals surface area contributed by atoms with Gasteiger partial charge in [-0.25, -0.2) is 9.67 Å². The van der Waals surface area contributed by atoms with Crippen LogP contribution < -0.4 is 0 Å². The summed E-state index contributed by atoms with van der Waals surface area (Å²) in [6, 6.07) is 11.3.